The lowest BCUT2D eigenvalue weighted by Gasteiger charge is -2.15. The Labute approximate surface area is 214 Å². The number of rotatable bonds is 7. The average molecular weight is 593 g/mol. The molecular formula is C25H19ClFIN2O4. The van der Waals surface area contributed by atoms with Crippen molar-refractivity contribution >= 4 is 57.9 Å². The fourth-order valence-electron chi connectivity index (χ4n) is 3.38. The van der Waals surface area contributed by atoms with Crippen LogP contribution in [0.4, 0.5) is 14.9 Å². The number of ether oxygens (including phenoxy) is 2. The summed E-state index contributed by atoms with van der Waals surface area (Å²) in [6.07, 6.45) is 1.58. The second kappa shape index (κ2) is 10.4. The minimum atomic E-state index is -0.548. The summed E-state index contributed by atoms with van der Waals surface area (Å²) in [5.41, 5.74) is 1.88. The smallest absolute Gasteiger partial charge is 0.333 e. The van der Waals surface area contributed by atoms with E-state index in [9.17, 15) is 14.0 Å². The van der Waals surface area contributed by atoms with Crippen LogP contribution in [-0.4, -0.2) is 18.5 Å². The molecule has 9 heteroatoms. The van der Waals surface area contributed by atoms with Crippen LogP contribution in [0.5, 0.6) is 11.5 Å². The molecule has 0 radical (unpaired) electrons. The van der Waals surface area contributed by atoms with Gasteiger partial charge in [-0.05, 0) is 95.2 Å². The number of nitrogens with one attached hydrogen (secondary N) is 1. The summed E-state index contributed by atoms with van der Waals surface area (Å²) >= 11 is 8.01. The summed E-state index contributed by atoms with van der Waals surface area (Å²) < 4.78 is 25.9. The van der Waals surface area contributed by atoms with Crippen molar-refractivity contribution in [3.63, 3.8) is 0 Å². The largest absolute Gasteiger partial charge is 0.490 e. The lowest BCUT2D eigenvalue weighted by molar-refractivity contribution is -0.113. The number of halogens is 3. The third kappa shape index (κ3) is 5.34. The van der Waals surface area contributed by atoms with E-state index in [4.69, 9.17) is 21.1 Å². The molecule has 1 fully saturated rings. The summed E-state index contributed by atoms with van der Waals surface area (Å²) in [6, 6.07) is 15.6. The molecule has 0 saturated carbocycles. The van der Waals surface area contributed by atoms with Gasteiger partial charge in [0.15, 0.2) is 11.5 Å². The van der Waals surface area contributed by atoms with Gasteiger partial charge < -0.3 is 14.8 Å². The highest BCUT2D eigenvalue weighted by Gasteiger charge is 2.34. The molecule has 1 saturated heterocycles. The van der Waals surface area contributed by atoms with Gasteiger partial charge in [0, 0.05) is 5.02 Å². The first-order valence-electron chi connectivity index (χ1n) is 10.3. The monoisotopic (exact) mass is 592 g/mol. The quantitative estimate of drug-likeness (QED) is 0.203. The summed E-state index contributed by atoms with van der Waals surface area (Å²) in [6.45, 7) is 2.41. The number of nitrogens with zero attached hydrogens (tertiary/aromatic N) is 1. The molecule has 3 aromatic carbocycles. The van der Waals surface area contributed by atoms with Crippen LogP contribution in [0, 0.1) is 9.39 Å². The fourth-order valence-corrected chi connectivity index (χ4v) is 4.29. The van der Waals surface area contributed by atoms with Crippen LogP contribution >= 0.6 is 34.2 Å². The third-order valence-electron chi connectivity index (χ3n) is 4.88. The SMILES string of the molecule is CCOc1cc(/C=C2/NC(=O)N(c3ccc(Cl)cc3)C2=O)cc(I)c1OCc1cccc(F)c1. The molecule has 0 bridgehead atoms. The Balaban J connectivity index is 1.60. The maximum atomic E-state index is 13.5. The summed E-state index contributed by atoms with van der Waals surface area (Å²) in [5.74, 6) is 0.174. The first-order valence-corrected chi connectivity index (χ1v) is 11.8. The van der Waals surface area contributed by atoms with Crippen LogP contribution in [-0.2, 0) is 11.4 Å². The number of hydrogen-bond acceptors (Lipinski definition) is 4. The number of carbonyl (C=O) groups is 2. The number of urea groups is 1. The van der Waals surface area contributed by atoms with Crippen molar-refractivity contribution in [2.75, 3.05) is 11.5 Å². The Kier molecular flexibility index (Phi) is 7.38. The second-order valence-corrected chi connectivity index (χ2v) is 8.89. The first-order chi connectivity index (χ1) is 16.4. The maximum absolute atomic E-state index is 13.5. The molecule has 1 aliphatic heterocycles. The van der Waals surface area contributed by atoms with E-state index in [1.54, 1.807) is 54.6 Å². The van der Waals surface area contributed by atoms with Gasteiger partial charge in [0.05, 0.1) is 15.9 Å². The van der Waals surface area contributed by atoms with Crippen LogP contribution in [0.3, 0.4) is 0 Å². The maximum Gasteiger partial charge on any atom is 0.333 e. The van der Waals surface area contributed by atoms with Crippen molar-refractivity contribution < 1.29 is 23.5 Å². The number of carbonyl (C=O) groups excluding carboxylic acids is 2. The van der Waals surface area contributed by atoms with Crippen LogP contribution in [0.25, 0.3) is 6.08 Å². The molecule has 1 N–H and O–H groups in total. The minimum Gasteiger partial charge on any atom is -0.490 e. The highest BCUT2D eigenvalue weighted by molar-refractivity contribution is 14.1. The zero-order valence-corrected chi connectivity index (χ0v) is 20.9. The predicted octanol–water partition coefficient (Wildman–Crippen LogP) is 6.16. The molecule has 3 aromatic rings. The molecule has 1 heterocycles. The summed E-state index contributed by atoms with van der Waals surface area (Å²) in [5, 5.41) is 3.11. The van der Waals surface area contributed by atoms with Crippen LogP contribution in [0.15, 0.2) is 66.4 Å². The van der Waals surface area contributed by atoms with Gasteiger partial charge in [-0.2, -0.15) is 0 Å². The molecule has 4 rings (SSSR count). The summed E-state index contributed by atoms with van der Waals surface area (Å²) in [4.78, 5) is 26.4. The van der Waals surface area contributed by atoms with Crippen LogP contribution < -0.4 is 19.7 Å². The average Bonchev–Trinajstić information content (AvgIpc) is 3.07. The van der Waals surface area contributed by atoms with E-state index < -0.39 is 11.9 Å². The van der Waals surface area contributed by atoms with E-state index >= 15 is 0 Å². The van der Waals surface area contributed by atoms with Gasteiger partial charge >= 0.3 is 6.03 Å². The van der Waals surface area contributed by atoms with E-state index in [0.717, 1.165) is 8.47 Å². The second-order valence-electron chi connectivity index (χ2n) is 7.29. The van der Waals surface area contributed by atoms with Gasteiger partial charge in [0.25, 0.3) is 5.91 Å². The number of hydrogen-bond donors (Lipinski definition) is 1. The van der Waals surface area contributed by atoms with Crippen molar-refractivity contribution in [1.82, 2.24) is 5.32 Å². The minimum absolute atomic E-state index is 0.131. The molecular weight excluding hydrogens is 574 g/mol. The molecule has 0 spiro atoms. The number of imide groups is 1. The Morgan fingerprint density at radius 2 is 1.85 bits per heavy atom. The summed E-state index contributed by atoms with van der Waals surface area (Å²) in [7, 11) is 0. The van der Waals surface area contributed by atoms with Crippen molar-refractivity contribution in [1.29, 1.82) is 0 Å². The number of anilines is 1. The van der Waals surface area contributed by atoms with Crippen molar-refractivity contribution in [3.8, 4) is 11.5 Å². The Bertz CT molecular complexity index is 1280. The normalized spacial score (nSPS) is 14.5. The highest BCUT2D eigenvalue weighted by Crippen LogP contribution is 2.36. The molecule has 6 nitrogen and oxygen atoms in total. The lowest BCUT2D eigenvalue weighted by atomic mass is 10.1. The molecule has 3 amide bonds. The topological polar surface area (TPSA) is 67.9 Å². The van der Waals surface area contributed by atoms with Gasteiger partial charge in [0.2, 0.25) is 0 Å². The molecule has 0 aliphatic carbocycles. The van der Waals surface area contributed by atoms with E-state index in [0.29, 0.717) is 39.9 Å². The van der Waals surface area contributed by atoms with E-state index in [1.165, 1.54) is 12.1 Å². The molecule has 34 heavy (non-hydrogen) atoms. The Morgan fingerprint density at radius 3 is 2.56 bits per heavy atom. The van der Waals surface area contributed by atoms with Gasteiger partial charge in [-0.15, -0.1) is 0 Å². The Morgan fingerprint density at radius 1 is 1.09 bits per heavy atom. The fraction of sp³-hybridized carbons (Fsp3) is 0.120. The standard InChI is InChI=1S/C25H19ClFIN2O4/c1-2-33-22-13-16(11-20(28)23(22)34-14-15-4-3-5-18(27)10-15)12-21-24(31)30(25(32)29-21)19-8-6-17(26)7-9-19/h3-13H,2,14H2,1H3,(H,29,32)/b21-12+. The van der Waals surface area contributed by atoms with E-state index in [2.05, 4.69) is 27.9 Å². The van der Waals surface area contributed by atoms with Gasteiger partial charge in [0.1, 0.15) is 18.1 Å². The van der Waals surface area contributed by atoms with Gasteiger partial charge in [-0.1, -0.05) is 23.7 Å². The van der Waals surface area contributed by atoms with E-state index in [1.807, 2.05) is 6.92 Å². The number of amides is 3. The zero-order valence-electron chi connectivity index (χ0n) is 18.0. The number of benzene rings is 3. The highest BCUT2D eigenvalue weighted by atomic mass is 127. The van der Waals surface area contributed by atoms with Crippen molar-refractivity contribution in [3.05, 3.63) is 91.9 Å². The van der Waals surface area contributed by atoms with E-state index in [-0.39, 0.29) is 18.1 Å². The molecule has 174 valence electrons. The van der Waals surface area contributed by atoms with Crippen LogP contribution in [0.1, 0.15) is 18.1 Å². The van der Waals surface area contributed by atoms with Gasteiger partial charge in [-0.3, -0.25) is 4.79 Å². The molecule has 0 atom stereocenters. The molecule has 1 aliphatic rings. The Hall–Kier alpha value is -3.11. The predicted molar refractivity (Wildman–Crippen MR) is 137 cm³/mol. The van der Waals surface area contributed by atoms with Gasteiger partial charge in [-0.25, -0.2) is 14.1 Å². The van der Waals surface area contributed by atoms with Crippen molar-refractivity contribution in [2.45, 2.75) is 13.5 Å². The molecule has 0 unspecified atom stereocenters. The molecule has 0 aromatic heterocycles. The first kappa shape index (κ1) is 24.0. The van der Waals surface area contributed by atoms with Crippen LogP contribution in [0.2, 0.25) is 5.02 Å². The third-order valence-corrected chi connectivity index (χ3v) is 5.93. The zero-order chi connectivity index (χ0) is 24.2. The lowest BCUT2D eigenvalue weighted by Crippen LogP contribution is -2.30. The van der Waals surface area contributed by atoms with Crippen molar-refractivity contribution in [2.24, 2.45) is 0 Å².